The molecule has 102 valence electrons. The number of halogens is 2. The Morgan fingerprint density at radius 2 is 2.11 bits per heavy atom. The van der Waals surface area contributed by atoms with Crippen molar-refractivity contribution in [1.82, 2.24) is 4.90 Å². The van der Waals surface area contributed by atoms with E-state index in [-0.39, 0.29) is 23.8 Å². The lowest BCUT2D eigenvalue weighted by atomic mass is 10.1. The normalized spacial score (nSPS) is 11.8. The molecular formula is C13H14F2N2O2. The zero-order valence-corrected chi connectivity index (χ0v) is 10.6. The lowest BCUT2D eigenvalue weighted by Crippen LogP contribution is -2.35. The molecule has 0 N–H and O–H groups in total. The summed E-state index contributed by atoms with van der Waals surface area (Å²) >= 11 is 0. The quantitative estimate of drug-likeness (QED) is 0.825. The van der Waals surface area contributed by atoms with Gasteiger partial charge in [-0.05, 0) is 19.1 Å². The molecule has 0 fully saturated rings. The molecule has 1 aromatic carbocycles. The molecule has 0 aliphatic heterocycles. The van der Waals surface area contributed by atoms with Crippen molar-refractivity contribution in [2.24, 2.45) is 0 Å². The number of nitriles is 1. The average molecular weight is 268 g/mol. The van der Waals surface area contributed by atoms with Crippen LogP contribution in [-0.4, -0.2) is 30.5 Å². The molecule has 0 aromatic heterocycles. The second-order valence-electron chi connectivity index (χ2n) is 4.00. The Balaban J connectivity index is 2.96. The van der Waals surface area contributed by atoms with Crippen LogP contribution in [0.15, 0.2) is 24.3 Å². The number of hydrogen-bond acceptors (Lipinski definition) is 3. The van der Waals surface area contributed by atoms with E-state index in [0.717, 1.165) is 0 Å². The van der Waals surface area contributed by atoms with Crippen LogP contribution in [0, 0.1) is 11.3 Å². The molecule has 0 spiro atoms. The lowest BCUT2D eigenvalue weighted by Gasteiger charge is -2.23. The van der Waals surface area contributed by atoms with Crippen LogP contribution in [0.4, 0.5) is 8.78 Å². The predicted molar refractivity (Wildman–Crippen MR) is 64.9 cm³/mol. The second kappa shape index (κ2) is 6.69. The van der Waals surface area contributed by atoms with Gasteiger partial charge in [-0.25, -0.2) is 0 Å². The third-order valence-electron chi connectivity index (χ3n) is 2.70. The fraction of sp³-hybridized carbons (Fsp3) is 0.385. The van der Waals surface area contributed by atoms with Gasteiger partial charge in [0.2, 0.25) is 0 Å². The highest BCUT2D eigenvalue weighted by molar-refractivity contribution is 5.97. The number of amides is 1. The van der Waals surface area contributed by atoms with Crippen LogP contribution in [0.2, 0.25) is 0 Å². The fourth-order valence-electron chi connectivity index (χ4n) is 1.50. The number of ether oxygens (including phenoxy) is 1. The van der Waals surface area contributed by atoms with Gasteiger partial charge in [-0.15, -0.1) is 0 Å². The van der Waals surface area contributed by atoms with E-state index >= 15 is 0 Å². The standard InChI is InChI=1S/C13H14F2N2O2/c1-9(7-8-16)17(2)12(18)10-5-3-4-6-11(10)19-13(14)15/h3-6,9,13H,7H2,1-2H3. The minimum Gasteiger partial charge on any atom is -0.434 e. The Morgan fingerprint density at radius 3 is 2.68 bits per heavy atom. The molecular weight excluding hydrogens is 254 g/mol. The fourth-order valence-corrected chi connectivity index (χ4v) is 1.50. The zero-order chi connectivity index (χ0) is 14.4. The molecule has 1 amide bonds. The van der Waals surface area contributed by atoms with Crippen LogP contribution in [0.3, 0.4) is 0 Å². The maximum Gasteiger partial charge on any atom is 0.387 e. The SMILES string of the molecule is CC(CC#N)N(C)C(=O)c1ccccc1OC(F)F. The average Bonchev–Trinajstić information content (AvgIpc) is 2.37. The highest BCUT2D eigenvalue weighted by Crippen LogP contribution is 2.22. The summed E-state index contributed by atoms with van der Waals surface area (Å²) in [6, 6.07) is 7.44. The molecule has 1 atom stereocenters. The Bertz CT molecular complexity index is 486. The Labute approximate surface area is 110 Å². The Morgan fingerprint density at radius 1 is 1.47 bits per heavy atom. The summed E-state index contributed by atoms with van der Waals surface area (Å²) in [6.45, 7) is -1.28. The zero-order valence-electron chi connectivity index (χ0n) is 10.6. The van der Waals surface area contributed by atoms with Crippen LogP contribution in [-0.2, 0) is 0 Å². The van der Waals surface area contributed by atoms with Gasteiger partial charge >= 0.3 is 6.61 Å². The molecule has 0 heterocycles. The third kappa shape index (κ3) is 3.91. The van der Waals surface area contributed by atoms with Crippen LogP contribution < -0.4 is 4.74 Å². The number of hydrogen-bond donors (Lipinski definition) is 0. The summed E-state index contributed by atoms with van der Waals surface area (Å²) < 4.78 is 28.8. The number of para-hydroxylation sites is 1. The molecule has 0 radical (unpaired) electrons. The molecule has 4 nitrogen and oxygen atoms in total. The van der Waals surface area contributed by atoms with Gasteiger partial charge in [-0.1, -0.05) is 12.1 Å². The first-order chi connectivity index (χ1) is 8.97. The molecule has 0 saturated carbocycles. The third-order valence-corrected chi connectivity index (χ3v) is 2.70. The Kier molecular flexibility index (Phi) is 5.24. The van der Waals surface area contributed by atoms with Gasteiger partial charge in [0.25, 0.3) is 5.91 Å². The van der Waals surface area contributed by atoms with Gasteiger partial charge in [0.05, 0.1) is 18.1 Å². The van der Waals surface area contributed by atoms with E-state index in [9.17, 15) is 13.6 Å². The van der Waals surface area contributed by atoms with Crippen molar-refractivity contribution in [3.63, 3.8) is 0 Å². The molecule has 1 rings (SSSR count). The van der Waals surface area contributed by atoms with Gasteiger partial charge in [0, 0.05) is 13.1 Å². The van der Waals surface area contributed by atoms with Crippen molar-refractivity contribution in [3.05, 3.63) is 29.8 Å². The topological polar surface area (TPSA) is 53.3 Å². The summed E-state index contributed by atoms with van der Waals surface area (Å²) in [7, 11) is 1.52. The molecule has 0 saturated heterocycles. The number of nitrogens with zero attached hydrogens (tertiary/aromatic N) is 2. The smallest absolute Gasteiger partial charge is 0.387 e. The number of benzene rings is 1. The van der Waals surface area contributed by atoms with Crippen molar-refractivity contribution < 1.29 is 18.3 Å². The van der Waals surface area contributed by atoms with E-state index in [1.807, 2.05) is 6.07 Å². The van der Waals surface area contributed by atoms with Crippen LogP contribution in [0.5, 0.6) is 5.75 Å². The highest BCUT2D eigenvalue weighted by Gasteiger charge is 2.21. The van der Waals surface area contributed by atoms with E-state index in [4.69, 9.17) is 5.26 Å². The molecule has 19 heavy (non-hydrogen) atoms. The minimum absolute atomic E-state index is 0.0510. The van der Waals surface area contributed by atoms with E-state index in [0.29, 0.717) is 0 Å². The minimum atomic E-state index is -2.99. The largest absolute Gasteiger partial charge is 0.434 e. The maximum atomic E-state index is 12.3. The first-order valence-electron chi connectivity index (χ1n) is 5.65. The van der Waals surface area contributed by atoms with Crippen LogP contribution >= 0.6 is 0 Å². The van der Waals surface area contributed by atoms with Gasteiger partial charge in [0.15, 0.2) is 0 Å². The van der Waals surface area contributed by atoms with Crippen molar-refractivity contribution in [1.29, 1.82) is 5.26 Å². The van der Waals surface area contributed by atoms with Crippen LogP contribution in [0.25, 0.3) is 0 Å². The van der Waals surface area contributed by atoms with Crippen molar-refractivity contribution in [2.75, 3.05) is 7.05 Å². The van der Waals surface area contributed by atoms with Crippen LogP contribution in [0.1, 0.15) is 23.7 Å². The molecule has 0 bridgehead atoms. The second-order valence-corrected chi connectivity index (χ2v) is 4.00. The Hall–Kier alpha value is -2.16. The predicted octanol–water partition coefficient (Wildman–Crippen LogP) is 2.66. The maximum absolute atomic E-state index is 12.3. The van der Waals surface area contributed by atoms with Crippen molar-refractivity contribution in [2.45, 2.75) is 26.0 Å². The summed E-state index contributed by atoms with van der Waals surface area (Å²) in [4.78, 5) is 13.5. The molecule has 1 unspecified atom stereocenters. The van der Waals surface area contributed by atoms with Gasteiger partial charge in [0.1, 0.15) is 5.75 Å². The number of alkyl halides is 2. The lowest BCUT2D eigenvalue weighted by molar-refractivity contribution is -0.0502. The van der Waals surface area contributed by atoms with Crippen molar-refractivity contribution in [3.8, 4) is 11.8 Å². The van der Waals surface area contributed by atoms with E-state index < -0.39 is 12.5 Å². The van der Waals surface area contributed by atoms with Crippen molar-refractivity contribution >= 4 is 5.91 Å². The van der Waals surface area contributed by atoms with Gasteiger partial charge < -0.3 is 9.64 Å². The first-order valence-corrected chi connectivity index (χ1v) is 5.65. The van der Waals surface area contributed by atoms with E-state index in [1.165, 1.54) is 30.1 Å². The monoisotopic (exact) mass is 268 g/mol. The molecule has 1 aromatic rings. The molecule has 6 heteroatoms. The van der Waals surface area contributed by atoms with E-state index in [2.05, 4.69) is 4.74 Å². The van der Waals surface area contributed by atoms with E-state index in [1.54, 1.807) is 13.0 Å². The molecule has 0 aliphatic rings. The summed E-state index contributed by atoms with van der Waals surface area (Å²) in [5.41, 5.74) is 0.0510. The number of rotatable bonds is 5. The summed E-state index contributed by atoms with van der Waals surface area (Å²) in [6.07, 6.45) is 0.167. The van der Waals surface area contributed by atoms with Gasteiger partial charge in [-0.3, -0.25) is 4.79 Å². The summed E-state index contributed by atoms with van der Waals surface area (Å²) in [5.74, 6) is -0.627. The number of carbonyl (C=O) groups excluding carboxylic acids is 1. The first kappa shape index (κ1) is 14.9. The highest BCUT2D eigenvalue weighted by atomic mass is 19.3. The molecule has 0 aliphatic carbocycles. The number of carbonyl (C=O) groups is 1. The summed E-state index contributed by atoms with van der Waals surface area (Å²) in [5, 5.41) is 8.60. The van der Waals surface area contributed by atoms with Gasteiger partial charge in [-0.2, -0.15) is 14.0 Å².